The highest BCUT2D eigenvalue weighted by molar-refractivity contribution is 9.10. The van der Waals surface area contributed by atoms with Crippen LogP contribution in [0.15, 0.2) is 71.6 Å². The van der Waals surface area contributed by atoms with E-state index >= 15 is 0 Å². The maximum absolute atomic E-state index is 9.92. The van der Waals surface area contributed by atoms with Gasteiger partial charge in [0.15, 0.2) is 5.65 Å². The van der Waals surface area contributed by atoms with Crippen LogP contribution in [0.4, 0.5) is 5.82 Å². The van der Waals surface area contributed by atoms with Crippen molar-refractivity contribution < 1.29 is 5.11 Å². The topological polar surface area (TPSA) is 75.3 Å². The number of aliphatic hydroxyl groups is 1. The van der Waals surface area contributed by atoms with Crippen LogP contribution in [0.3, 0.4) is 0 Å². The molecule has 0 fully saturated rings. The number of pyridine rings is 1. The van der Waals surface area contributed by atoms with Gasteiger partial charge in [-0.15, -0.1) is 0 Å². The predicted molar refractivity (Wildman–Crippen MR) is 117 cm³/mol. The smallest absolute Gasteiger partial charge is 0.171 e. The lowest BCUT2D eigenvalue weighted by Gasteiger charge is -2.16. The number of benzene rings is 1. The van der Waals surface area contributed by atoms with Crippen LogP contribution in [0.1, 0.15) is 16.8 Å². The van der Waals surface area contributed by atoms with E-state index in [1.807, 2.05) is 42.6 Å². The lowest BCUT2D eigenvalue weighted by molar-refractivity contribution is 0.224. The first-order chi connectivity index (χ1) is 14.2. The number of hydrogen-bond donors (Lipinski definition) is 2. The molecule has 0 amide bonds. The molecule has 0 aliphatic rings. The molecule has 0 bridgehead atoms. The average Bonchev–Trinajstić information content (AvgIpc) is 3.14. The zero-order chi connectivity index (χ0) is 20.1. The van der Waals surface area contributed by atoms with Gasteiger partial charge in [0, 0.05) is 37.3 Å². The van der Waals surface area contributed by atoms with Crippen molar-refractivity contribution in [2.75, 3.05) is 11.9 Å². The molecule has 0 saturated carbocycles. The fraction of sp³-hybridized carbons (Fsp3) is 0.227. The third kappa shape index (κ3) is 4.81. The predicted octanol–water partition coefficient (Wildman–Crippen LogP) is 3.89. The highest BCUT2D eigenvalue weighted by atomic mass is 79.9. The summed E-state index contributed by atoms with van der Waals surface area (Å²) in [5.41, 5.74) is 3.98. The maximum atomic E-state index is 9.92. The molecule has 6 nitrogen and oxygen atoms in total. The minimum absolute atomic E-state index is 0.0974. The van der Waals surface area contributed by atoms with Gasteiger partial charge in [-0.3, -0.25) is 4.98 Å². The molecule has 1 unspecified atom stereocenters. The van der Waals surface area contributed by atoms with Gasteiger partial charge in [-0.2, -0.15) is 9.61 Å². The van der Waals surface area contributed by atoms with Crippen molar-refractivity contribution in [2.45, 2.75) is 19.4 Å². The van der Waals surface area contributed by atoms with Crippen molar-refractivity contribution in [1.29, 1.82) is 0 Å². The van der Waals surface area contributed by atoms with E-state index in [1.165, 1.54) is 5.56 Å². The van der Waals surface area contributed by atoms with E-state index in [0.29, 0.717) is 13.0 Å². The molecular weight excluding hydrogens is 430 g/mol. The Bertz CT molecular complexity index is 1070. The quantitative estimate of drug-likeness (QED) is 0.424. The van der Waals surface area contributed by atoms with Gasteiger partial charge in [0.05, 0.1) is 10.7 Å². The number of anilines is 1. The van der Waals surface area contributed by atoms with E-state index < -0.39 is 0 Å². The van der Waals surface area contributed by atoms with Gasteiger partial charge in [-0.1, -0.05) is 36.4 Å². The summed E-state index contributed by atoms with van der Waals surface area (Å²) in [4.78, 5) is 8.93. The Kier molecular flexibility index (Phi) is 6.17. The summed E-state index contributed by atoms with van der Waals surface area (Å²) >= 11 is 3.54. The lowest BCUT2D eigenvalue weighted by atomic mass is 9.95. The average molecular weight is 452 g/mol. The van der Waals surface area contributed by atoms with Gasteiger partial charge in [0.2, 0.25) is 0 Å². The minimum Gasteiger partial charge on any atom is -0.396 e. The zero-order valence-corrected chi connectivity index (χ0v) is 17.5. The van der Waals surface area contributed by atoms with Crippen molar-refractivity contribution in [3.63, 3.8) is 0 Å². The molecule has 3 aromatic heterocycles. The van der Waals surface area contributed by atoms with Crippen LogP contribution in [0, 0.1) is 5.92 Å². The molecule has 29 heavy (non-hydrogen) atoms. The minimum atomic E-state index is 0.0974. The van der Waals surface area contributed by atoms with E-state index in [2.05, 4.69) is 43.5 Å². The molecule has 4 aromatic rings. The third-order valence-corrected chi connectivity index (χ3v) is 5.36. The van der Waals surface area contributed by atoms with Crippen molar-refractivity contribution >= 4 is 27.4 Å². The molecule has 148 valence electrons. The Morgan fingerprint density at radius 2 is 1.86 bits per heavy atom. The summed E-state index contributed by atoms with van der Waals surface area (Å²) in [5.74, 6) is 0.955. The van der Waals surface area contributed by atoms with Gasteiger partial charge in [-0.05, 0) is 51.9 Å². The monoisotopic (exact) mass is 451 g/mol. The van der Waals surface area contributed by atoms with Crippen molar-refractivity contribution in [2.24, 2.45) is 5.92 Å². The molecule has 0 aliphatic heterocycles. The first-order valence-corrected chi connectivity index (χ1v) is 10.3. The van der Waals surface area contributed by atoms with Crippen LogP contribution in [-0.2, 0) is 19.4 Å². The summed E-state index contributed by atoms with van der Waals surface area (Å²) in [6.07, 6.45) is 6.84. The number of nitrogens with one attached hydrogen (secondary N) is 1. The molecular formula is C22H22BrN5O. The SMILES string of the molecule is OCC(Cc1ccccc1)Cc1cc(NCc2cccnc2)n2ncc(Br)c2n1. The Morgan fingerprint density at radius 1 is 1.03 bits per heavy atom. The number of rotatable bonds is 8. The van der Waals surface area contributed by atoms with Crippen molar-refractivity contribution in [1.82, 2.24) is 19.6 Å². The molecule has 0 saturated heterocycles. The van der Waals surface area contributed by atoms with Crippen LogP contribution in [0.2, 0.25) is 0 Å². The van der Waals surface area contributed by atoms with Gasteiger partial charge in [0.1, 0.15) is 5.82 Å². The molecule has 0 spiro atoms. The van der Waals surface area contributed by atoms with Gasteiger partial charge >= 0.3 is 0 Å². The standard InChI is InChI=1S/C22H22BrN5O/c23-20-14-26-28-21(25-13-17-7-4-8-24-12-17)11-19(27-22(20)28)10-18(15-29)9-16-5-2-1-3-6-16/h1-8,11-12,14,18,25,29H,9-10,13,15H2. The second-order valence-electron chi connectivity index (χ2n) is 7.02. The van der Waals surface area contributed by atoms with Gasteiger partial charge in [-0.25, -0.2) is 4.98 Å². The second kappa shape index (κ2) is 9.15. The van der Waals surface area contributed by atoms with Crippen LogP contribution in [0.5, 0.6) is 0 Å². The largest absolute Gasteiger partial charge is 0.396 e. The summed E-state index contributed by atoms with van der Waals surface area (Å²) < 4.78 is 2.63. The Labute approximate surface area is 177 Å². The number of hydrogen-bond acceptors (Lipinski definition) is 5. The first kappa shape index (κ1) is 19.5. The highest BCUT2D eigenvalue weighted by Gasteiger charge is 2.15. The fourth-order valence-electron chi connectivity index (χ4n) is 3.36. The molecule has 4 rings (SSSR count). The first-order valence-electron chi connectivity index (χ1n) is 9.53. The van der Waals surface area contributed by atoms with Crippen LogP contribution in [0.25, 0.3) is 5.65 Å². The van der Waals surface area contributed by atoms with Crippen LogP contribution in [-0.4, -0.2) is 31.3 Å². The van der Waals surface area contributed by atoms with Gasteiger partial charge < -0.3 is 10.4 Å². The number of fused-ring (bicyclic) bond motifs is 1. The molecule has 0 aliphatic carbocycles. The number of halogens is 1. The molecule has 2 N–H and O–H groups in total. The summed E-state index contributed by atoms with van der Waals surface area (Å²) in [6, 6.07) is 16.2. The van der Waals surface area contributed by atoms with E-state index in [0.717, 1.165) is 33.6 Å². The third-order valence-electron chi connectivity index (χ3n) is 4.80. The van der Waals surface area contributed by atoms with Crippen molar-refractivity contribution in [3.05, 3.63) is 88.4 Å². The molecule has 1 atom stereocenters. The molecule has 7 heteroatoms. The Hall–Kier alpha value is -2.77. The fourth-order valence-corrected chi connectivity index (χ4v) is 3.70. The van der Waals surface area contributed by atoms with Crippen LogP contribution < -0.4 is 5.32 Å². The van der Waals surface area contributed by atoms with E-state index in [-0.39, 0.29) is 12.5 Å². The highest BCUT2D eigenvalue weighted by Crippen LogP contribution is 2.23. The number of nitrogens with zero attached hydrogens (tertiary/aromatic N) is 4. The lowest BCUT2D eigenvalue weighted by Crippen LogP contribution is -2.15. The van der Waals surface area contributed by atoms with E-state index in [1.54, 1.807) is 16.9 Å². The molecule has 1 aromatic carbocycles. The van der Waals surface area contributed by atoms with E-state index in [9.17, 15) is 5.11 Å². The maximum Gasteiger partial charge on any atom is 0.171 e. The summed E-state index contributed by atoms with van der Waals surface area (Å²) in [6.45, 7) is 0.748. The van der Waals surface area contributed by atoms with Gasteiger partial charge in [0.25, 0.3) is 0 Å². The normalized spacial score (nSPS) is 12.2. The number of aromatic nitrogens is 4. The molecule has 0 radical (unpaired) electrons. The molecule has 3 heterocycles. The summed E-state index contributed by atoms with van der Waals surface area (Å²) in [7, 11) is 0. The number of aliphatic hydroxyl groups excluding tert-OH is 1. The van der Waals surface area contributed by atoms with E-state index in [4.69, 9.17) is 4.98 Å². The Balaban J connectivity index is 1.57. The van der Waals surface area contributed by atoms with Crippen molar-refractivity contribution in [3.8, 4) is 0 Å². The Morgan fingerprint density at radius 3 is 2.62 bits per heavy atom. The second-order valence-corrected chi connectivity index (χ2v) is 7.87. The summed E-state index contributed by atoms with van der Waals surface area (Å²) in [5, 5.41) is 17.8. The zero-order valence-electron chi connectivity index (χ0n) is 15.9. The van der Waals surface area contributed by atoms with Crippen LogP contribution >= 0.6 is 15.9 Å².